The molecule has 0 spiro atoms. The summed E-state index contributed by atoms with van der Waals surface area (Å²) in [6.45, 7) is 1.16. The number of amides is 1. The van der Waals surface area contributed by atoms with Crippen molar-refractivity contribution in [3.63, 3.8) is 0 Å². The summed E-state index contributed by atoms with van der Waals surface area (Å²) in [6, 6.07) is 19.0. The first-order chi connectivity index (χ1) is 12.3. The molecule has 1 amide bonds. The fourth-order valence-electron chi connectivity index (χ4n) is 2.35. The van der Waals surface area contributed by atoms with Gasteiger partial charge in [0.25, 0.3) is 5.91 Å². The Bertz CT molecular complexity index is 813. The second-order valence-electron chi connectivity index (χ2n) is 5.39. The summed E-state index contributed by atoms with van der Waals surface area (Å²) in [5.41, 5.74) is 2.28. The van der Waals surface area contributed by atoms with E-state index >= 15 is 0 Å². The van der Waals surface area contributed by atoms with E-state index in [4.69, 9.17) is 4.74 Å². The molecule has 0 aliphatic rings. The molecule has 0 radical (unpaired) electrons. The van der Waals surface area contributed by atoms with Crippen molar-refractivity contribution < 1.29 is 9.53 Å². The number of carbonyl (C=O) groups excluding carboxylic acids is 1. The number of methoxy groups -OCH3 is 1. The molecule has 6 nitrogen and oxygen atoms in total. The quantitative estimate of drug-likeness (QED) is 0.651. The monoisotopic (exact) mass is 336 g/mol. The van der Waals surface area contributed by atoms with Crippen LogP contribution in [0.25, 0.3) is 5.69 Å². The minimum atomic E-state index is -0.192. The highest BCUT2D eigenvalue weighted by atomic mass is 16.5. The third-order valence-corrected chi connectivity index (χ3v) is 3.67. The van der Waals surface area contributed by atoms with Crippen molar-refractivity contribution >= 4 is 11.6 Å². The van der Waals surface area contributed by atoms with E-state index in [0.717, 1.165) is 17.1 Å². The molecular formula is C19H20N4O2. The van der Waals surface area contributed by atoms with Crippen LogP contribution < -0.4 is 15.4 Å². The number of ether oxygens (including phenoxy) is 1. The fourth-order valence-corrected chi connectivity index (χ4v) is 2.35. The number of nitrogens with zero attached hydrogens (tertiary/aromatic N) is 2. The number of carbonyl (C=O) groups is 1. The lowest BCUT2D eigenvalue weighted by Gasteiger charge is -2.07. The fraction of sp³-hybridized carbons (Fsp3) is 0.158. The van der Waals surface area contributed by atoms with Gasteiger partial charge in [0.2, 0.25) is 0 Å². The topological polar surface area (TPSA) is 68.2 Å². The van der Waals surface area contributed by atoms with E-state index in [0.29, 0.717) is 18.8 Å². The van der Waals surface area contributed by atoms with Crippen molar-refractivity contribution in [3.05, 3.63) is 72.6 Å². The SMILES string of the molecule is COc1ccc(-n2ccc(C(=O)NCCNc3ccccc3)n2)cc1. The molecule has 25 heavy (non-hydrogen) atoms. The highest BCUT2D eigenvalue weighted by Crippen LogP contribution is 2.14. The van der Waals surface area contributed by atoms with Crippen LogP contribution in [0.1, 0.15) is 10.5 Å². The number of para-hydroxylation sites is 1. The molecule has 0 saturated heterocycles. The van der Waals surface area contributed by atoms with Crippen molar-refractivity contribution in [3.8, 4) is 11.4 Å². The number of hydrogen-bond acceptors (Lipinski definition) is 4. The third kappa shape index (κ3) is 4.38. The number of anilines is 1. The van der Waals surface area contributed by atoms with E-state index in [1.807, 2.05) is 54.6 Å². The summed E-state index contributed by atoms with van der Waals surface area (Å²) in [6.07, 6.45) is 1.76. The lowest BCUT2D eigenvalue weighted by atomic mass is 10.3. The normalized spacial score (nSPS) is 10.3. The Morgan fingerprint density at radius 1 is 1.04 bits per heavy atom. The van der Waals surface area contributed by atoms with Crippen LogP contribution in [0.4, 0.5) is 5.69 Å². The van der Waals surface area contributed by atoms with Gasteiger partial charge >= 0.3 is 0 Å². The Labute approximate surface area is 146 Å². The molecule has 2 N–H and O–H groups in total. The second kappa shape index (κ2) is 8.01. The lowest BCUT2D eigenvalue weighted by Crippen LogP contribution is -2.29. The number of nitrogens with one attached hydrogen (secondary N) is 2. The Hall–Kier alpha value is -3.28. The Morgan fingerprint density at radius 2 is 1.80 bits per heavy atom. The molecule has 128 valence electrons. The molecule has 0 aliphatic heterocycles. The average molecular weight is 336 g/mol. The summed E-state index contributed by atoms with van der Waals surface area (Å²) < 4.78 is 6.80. The molecule has 0 bridgehead atoms. The van der Waals surface area contributed by atoms with Crippen LogP contribution in [0, 0.1) is 0 Å². The first-order valence-corrected chi connectivity index (χ1v) is 8.03. The largest absolute Gasteiger partial charge is 0.497 e. The second-order valence-corrected chi connectivity index (χ2v) is 5.39. The van der Waals surface area contributed by atoms with Crippen molar-refractivity contribution in [2.75, 3.05) is 25.5 Å². The van der Waals surface area contributed by atoms with Gasteiger partial charge in [-0.3, -0.25) is 4.79 Å². The van der Waals surface area contributed by atoms with Gasteiger partial charge in [0.15, 0.2) is 5.69 Å². The lowest BCUT2D eigenvalue weighted by molar-refractivity contribution is 0.0950. The number of benzene rings is 2. The van der Waals surface area contributed by atoms with Crippen LogP contribution in [-0.4, -0.2) is 35.9 Å². The Kier molecular flexibility index (Phi) is 5.31. The number of rotatable bonds is 7. The zero-order chi connectivity index (χ0) is 17.5. The van der Waals surface area contributed by atoms with Crippen LogP contribution in [0.5, 0.6) is 5.75 Å². The van der Waals surface area contributed by atoms with Gasteiger partial charge in [-0.2, -0.15) is 5.10 Å². The van der Waals surface area contributed by atoms with E-state index in [1.54, 1.807) is 24.1 Å². The van der Waals surface area contributed by atoms with Gasteiger partial charge in [-0.05, 0) is 42.5 Å². The summed E-state index contributed by atoms with van der Waals surface area (Å²) in [7, 11) is 1.62. The predicted molar refractivity (Wildman–Crippen MR) is 97.4 cm³/mol. The summed E-state index contributed by atoms with van der Waals surface area (Å²) in [5, 5.41) is 10.4. The van der Waals surface area contributed by atoms with Gasteiger partial charge in [-0.1, -0.05) is 18.2 Å². The van der Waals surface area contributed by atoms with Crippen molar-refractivity contribution in [1.29, 1.82) is 0 Å². The molecular weight excluding hydrogens is 316 g/mol. The average Bonchev–Trinajstić information content (AvgIpc) is 3.16. The van der Waals surface area contributed by atoms with Gasteiger partial charge in [-0.15, -0.1) is 0 Å². The number of hydrogen-bond donors (Lipinski definition) is 2. The maximum atomic E-state index is 12.2. The first-order valence-electron chi connectivity index (χ1n) is 8.03. The van der Waals surface area contributed by atoms with Gasteiger partial charge < -0.3 is 15.4 Å². The maximum absolute atomic E-state index is 12.2. The van der Waals surface area contributed by atoms with Crippen LogP contribution in [0.15, 0.2) is 66.9 Å². The first kappa shape index (κ1) is 16.6. The molecule has 1 aromatic heterocycles. The van der Waals surface area contributed by atoms with Gasteiger partial charge in [-0.25, -0.2) is 4.68 Å². The zero-order valence-corrected chi connectivity index (χ0v) is 14.0. The van der Waals surface area contributed by atoms with Crippen LogP contribution in [0.3, 0.4) is 0 Å². The number of aromatic nitrogens is 2. The van der Waals surface area contributed by atoms with E-state index in [9.17, 15) is 4.79 Å². The van der Waals surface area contributed by atoms with E-state index in [-0.39, 0.29) is 5.91 Å². The molecule has 0 unspecified atom stereocenters. The predicted octanol–water partition coefficient (Wildman–Crippen LogP) is 2.72. The van der Waals surface area contributed by atoms with Gasteiger partial charge in [0, 0.05) is 25.0 Å². The summed E-state index contributed by atoms with van der Waals surface area (Å²) in [5.74, 6) is 0.585. The molecule has 0 saturated carbocycles. The molecule has 3 rings (SSSR count). The van der Waals surface area contributed by atoms with Crippen molar-refractivity contribution in [2.24, 2.45) is 0 Å². The standard InChI is InChI=1S/C19H20N4O2/c1-25-17-9-7-16(8-10-17)23-14-11-18(22-23)19(24)21-13-12-20-15-5-3-2-4-6-15/h2-11,14,20H,12-13H2,1H3,(H,21,24). The summed E-state index contributed by atoms with van der Waals surface area (Å²) >= 11 is 0. The zero-order valence-electron chi connectivity index (χ0n) is 14.0. The molecule has 3 aromatic rings. The highest BCUT2D eigenvalue weighted by molar-refractivity contribution is 5.92. The molecule has 0 fully saturated rings. The molecule has 1 heterocycles. The third-order valence-electron chi connectivity index (χ3n) is 3.67. The smallest absolute Gasteiger partial charge is 0.271 e. The maximum Gasteiger partial charge on any atom is 0.271 e. The summed E-state index contributed by atoms with van der Waals surface area (Å²) in [4.78, 5) is 12.2. The molecule has 0 aliphatic carbocycles. The Morgan fingerprint density at radius 3 is 2.52 bits per heavy atom. The van der Waals surface area contributed by atoms with Crippen molar-refractivity contribution in [1.82, 2.24) is 15.1 Å². The molecule has 2 aromatic carbocycles. The van der Waals surface area contributed by atoms with E-state index < -0.39 is 0 Å². The van der Waals surface area contributed by atoms with Gasteiger partial charge in [0.05, 0.1) is 12.8 Å². The van der Waals surface area contributed by atoms with Crippen LogP contribution in [-0.2, 0) is 0 Å². The van der Waals surface area contributed by atoms with Gasteiger partial charge in [0.1, 0.15) is 5.75 Å². The molecule has 6 heteroatoms. The van der Waals surface area contributed by atoms with Crippen molar-refractivity contribution in [2.45, 2.75) is 0 Å². The minimum Gasteiger partial charge on any atom is -0.497 e. The minimum absolute atomic E-state index is 0.192. The highest BCUT2D eigenvalue weighted by Gasteiger charge is 2.09. The van der Waals surface area contributed by atoms with Crippen LogP contribution in [0.2, 0.25) is 0 Å². The molecule has 0 atom stereocenters. The Balaban J connectivity index is 1.51. The van der Waals surface area contributed by atoms with E-state index in [2.05, 4.69) is 15.7 Å². The van der Waals surface area contributed by atoms with Crippen LogP contribution >= 0.6 is 0 Å². The van der Waals surface area contributed by atoms with E-state index in [1.165, 1.54) is 0 Å².